The van der Waals surface area contributed by atoms with Crippen LogP contribution in [-0.2, 0) is 32.5 Å². The maximum atomic E-state index is 12.5. The number of hydrogen-bond donors (Lipinski definition) is 0. The van der Waals surface area contributed by atoms with Crippen LogP contribution in [0, 0.1) is 0 Å². The van der Waals surface area contributed by atoms with Crippen molar-refractivity contribution in [1.82, 2.24) is 19.7 Å². The molecule has 6 nitrogen and oxygen atoms in total. The normalized spacial score (nSPS) is 13.9. The second-order valence-electron chi connectivity index (χ2n) is 8.54. The molecule has 160 valence electrons. The van der Waals surface area contributed by atoms with Gasteiger partial charge in [0, 0.05) is 37.9 Å². The number of nitrogens with zero attached hydrogens (tertiary/aromatic N) is 4. The zero-order chi connectivity index (χ0) is 21.8. The summed E-state index contributed by atoms with van der Waals surface area (Å²) in [5, 5.41) is 4.29. The van der Waals surface area contributed by atoms with Gasteiger partial charge in [0.1, 0.15) is 20.2 Å². The smallest absolute Gasteiger partial charge is 0.270 e. The maximum absolute atomic E-state index is 12.5. The molecule has 0 amide bonds. The summed E-state index contributed by atoms with van der Waals surface area (Å²) < 4.78 is 7.18. The van der Waals surface area contributed by atoms with Gasteiger partial charge in [-0.15, -0.1) is 0 Å². The van der Waals surface area contributed by atoms with Gasteiger partial charge < -0.3 is 4.74 Å². The lowest BCUT2D eigenvalue weighted by atomic mass is 9.96. The molecule has 1 aliphatic rings. The first-order valence-electron chi connectivity index (χ1n) is 10.9. The summed E-state index contributed by atoms with van der Waals surface area (Å²) in [6.07, 6.45) is 5.28. The predicted molar refractivity (Wildman–Crippen MR) is 125 cm³/mol. The van der Waals surface area contributed by atoms with Gasteiger partial charge in [-0.05, 0) is 49.4 Å². The van der Waals surface area contributed by atoms with E-state index in [9.17, 15) is 4.79 Å². The number of benzene rings is 1. The average molecular weight is 416 g/mol. The van der Waals surface area contributed by atoms with Crippen LogP contribution in [-0.4, -0.2) is 40.1 Å². The van der Waals surface area contributed by atoms with Crippen LogP contribution < -0.4 is 15.8 Å². The Morgan fingerprint density at radius 3 is 2.74 bits per heavy atom. The maximum Gasteiger partial charge on any atom is 0.270 e. The summed E-state index contributed by atoms with van der Waals surface area (Å²) >= 11 is 0. The van der Waals surface area contributed by atoms with Gasteiger partial charge in [-0.25, -0.2) is 4.68 Å². The van der Waals surface area contributed by atoms with E-state index in [-0.39, 0.29) is 5.56 Å². The van der Waals surface area contributed by atoms with E-state index in [0.717, 1.165) is 37.1 Å². The van der Waals surface area contributed by atoms with Crippen molar-refractivity contribution in [1.29, 1.82) is 0 Å². The summed E-state index contributed by atoms with van der Waals surface area (Å²) in [5.74, 6) is 0.464. The summed E-state index contributed by atoms with van der Waals surface area (Å²) in [6.45, 7) is 7.48. The van der Waals surface area contributed by atoms with Crippen LogP contribution in [0.1, 0.15) is 36.2 Å². The molecule has 7 heteroatoms. The van der Waals surface area contributed by atoms with E-state index in [1.807, 2.05) is 20.0 Å². The third-order valence-electron chi connectivity index (χ3n) is 5.86. The monoisotopic (exact) mass is 416 g/mol. The number of aromatic nitrogens is 3. The molecule has 1 aromatic carbocycles. The van der Waals surface area contributed by atoms with Crippen molar-refractivity contribution in [2.75, 3.05) is 6.54 Å². The van der Waals surface area contributed by atoms with Crippen molar-refractivity contribution in [3.8, 4) is 5.75 Å². The van der Waals surface area contributed by atoms with E-state index in [1.54, 1.807) is 12.4 Å². The lowest BCUT2D eigenvalue weighted by Gasteiger charge is -2.32. The van der Waals surface area contributed by atoms with Crippen LogP contribution in [0.4, 0.5) is 0 Å². The predicted octanol–water partition coefficient (Wildman–Crippen LogP) is 1.48. The lowest BCUT2D eigenvalue weighted by Crippen LogP contribution is -2.35. The summed E-state index contributed by atoms with van der Waals surface area (Å²) in [7, 11) is 1.99. The minimum atomic E-state index is -0.154. The Kier molecular flexibility index (Phi) is 6.51. The molecule has 0 fully saturated rings. The Hall–Kier alpha value is -2.93. The molecule has 0 radical (unpaired) electrons. The van der Waals surface area contributed by atoms with Crippen molar-refractivity contribution in [3.63, 3.8) is 0 Å². The molecule has 1 aliphatic heterocycles. The van der Waals surface area contributed by atoms with Crippen molar-refractivity contribution in [2.24, 2.45) is 0 Å². The molecule has 0 spiro atoms. The largest absolute Gasteiger partial charge is 0.485 e. The minimum Gasteiger partial charge on any atom is -0.485 e. The molecule has 4 rings (SSSR count). The van der Waals surface area contributed by atoms with Gasteiger partial charge in [-0.2, -0.15) is 5.10 Å². The fourth-order valence-electron chi connectivity index (χ4n) is 3.87. The number of fused-ring (bicyclic) bond motifs is 1. The Balaban J connectivity index is 1.36. The van der Waals surface area contributed by atoms with Gasteiger partial charge in [0.25, 0.3) is 5.56 Å². The third-order valence-corrected chi connectivity index (χ3v) is 5.86. The fraction of sp³-hybridized carbons (Fsp3) is 0.375. The van der Waals surface area contributed by atoms with E-state index < -0.39 is 0 Å². The van der Waals surface area contributed by atoms with E-state index >= 15 is 0 Å². The van der Waals surface area contributed by atoms with E-state index in [0.29, 0.717) is 24.9 Å². The second-order valence-corrected chi connectivity index (χ2v) is 8.54. The van der Waals surface area contributed by atoms with Gasteiger partial charge in [0.2, 0.25) is 0 Å². The Morgan fingerprint density at radius 2 is 2.00 bits per heavy atom. The van der Waals surface area contributed by atoms with Gasteiger partial charge in [0.15, 0.2) is 0 Å². The molecule has 0 N–H and O–H groups in total. The van der Waals surface area contributed by atoms with Gasteiger partial charge in [-0.3, -0.25) is 14.7 Å². The van der Waals surface area contributed by atoms with Crippen LogP contribution >= 0.6 is 0 Å². The number of ether oxygens (including phenoxy) is 1. The van der Waals surface area contributed by atoms with Gasteiger partial charge >= 0.3 is 0 Å². The first kappa shape index (κ1) is 21.3. The third kappa shape index (κ3) is 5.41. The Bertz CT molecular complexity index is 1100. The summed E-state index contributed by atoms with van der Waals surface area (Å²) in [4.78, 5) is 19.3. The van der Waals surface area contributed by atoms with Crippen LogP contribution in [0.3, 0.4) is 0 Å². The summed E-state index contributed by atoms with van der Waals surface area (Å²) in [6, 6.07) is 12.7. The van der Waals surface area contributed by atoms with E-state index in [4.69, 9.17) is 4.74 Å². The quantitative estimate of drug-likeness (QED) is 0.547. The fourth-order valence-corrected chi connectivity index (χ4v) is 3.87. The van der Waals surface area contributed by atoms with Crippen molar-refractivity contribution >= 4 is 13.3 Å². The molecule has 2 aromatic heterocycles. The molecule has 0 saturated heterocycles. The highest BCUT2D eigenvalue weighted by molar-refractivity contribution is 6.31. The van der Waals surface area contributed by atoms with E-state index in [1.165, 1.54) is 27.4 Å². The number of hydrogen-bond acceptors (Lipinski definition) is 5. The van der Waals surface area contributed by atoms with Gasteiger partial charge in [0.05, 0.1) is 11.9 Å². The SMILES string of the molecule is Bc1ccc(COc2cnn(CCc3ccc4c(c3)CN(C(C)C)CC4)c(=O)c2)nc1. The van der Waals surface area contributed by atoms with Crippen molar-refractivity contribution in [2.45, 2.75) is 52.4 Å². The number of pyridine rings is 1. The van der Waals surface area contributed by atoms with Crippen molar-refractivity contribution < 1.29 is 4.74 Å². The second kappa shape index (κ2) is 9.48. The molecule has 0 aliphatic carbocycles. The molecule has 0 unspecified atom stereocenters. The minimum absolute atomic E-state index is 0.154. The highest BCUT2D eigenvalue weighted by atomic mass is 16.5. The first-order valence-corrected chi connectivity index (χ1v) is 10.9. The van der Waals surface area contributed by atoms with Crippen LogP contribution in [0.15, 0.2) is 53.6 Å². The van der Waals surface area contributed by atoms with E-state index in [2.05, 4.69) is 47.0 Å². The zero-order valence-corrected chi connectivity index (χ0v) is 18.5. The Morgan fingerprint density at radius 1 is 1.13 bits per heavy atom. The molecular weight excluding hydrogens is 387 g/mol. The molecule has 0 bridgehead atoms. The standard InChI is InChI=1S/C24H29BN4O2/c1-17(2)28-9-8-19-4-3-18(11-20(19)15-28)7-10-29-24(30)12-23(14-27-29)31-16-22-6-5-21(25)13-26-22/h3-6,11-14,17H,7-10,15-16,25H2,1-2H3. The highest BCUT2D eigenvalue weighted by Gasteiger charge is 2.18. The first-order chi connectivity index (χ1) is 15.0. The lowest BCUT2D eigenvalue weighted by molar-refractivity contribution is 0.203. The van der Waals surface area contributed by atoms with Crippen LogP contribution in [0.25, 0.3) is 0 Å². The zero-order valence-electron chi connectivity index (χ0n) is 18.5. The molecule has 3 aromatic rings. The van der Waals surface area contributed by atoms with Gasteiger partial charge in [-0.1, -0.05) is 29.7 Å². The molecule has 0 saturated carbocycles. The topological polar surface area (TPSA) is 60.2 Å². The van der Waals surface area contributed by atoms with Crippen molar-refractivity contribution in [3.05, 3.63) is 81.5 Å². The van der Waals surface area contributed by atoms with Crippen LogP contribution in [0.2, 0.25) is 0 Å². The molecule has 31 heavy (non-hydrogen) atoms. The number of aryl methyl sites for hydroxylation is 2. The molecule has 0 atom stereocenters. The van der Waals surface area contributed by atoms with Crippen LogP contribution in [0.5, 0.6) is 5.75 Å². The number of rotatable bonds is 7. The highest BCUT2D eigenvalue weighted by Crippen LogP contribution is 2.22. The molecule has 3 heterocycles. The molecular formula is C24H29BN4O2. The average Bonchev–Trinajstić information content (AvgIpc) is 2.77. The summed E-state index contributed by atoms with van der Waals surface area (Å²) in [5.41, 5.74) is 5.86. The Labute approximate surface area is 184 Å².